The van der Waals surface area contributed by atoms with Crippen LogP contribution in [-0.2, 0) is 4.79 Å². The third-order valence-electron chi connectivity index (χ3n) is 4.36. The average molecular weight is 430 g/mol. The van der Waals surface area contributed by atoms with Gasteiger partial charge in [-0.05, 0) is 54.1 Å². The number of tetrazole rings is 1. The number of anilines is 1. The zero-order chi connectivity index (χ0) is 22.4. The zero-order valence-corrected chi connectivity index (χ0v) is 16.9. The summed E-state index contributed by atoms with van der Waals surface area (Å²) in [6, 6.07) is 7.76. The molecule has 2 amide bonds. The van der Waals surface area contributed by atoms with Gasteiger partial charge in [-0.2, -0.15) is 4.68 Å². The van der Waals surface area contributed by atoms with Gasteiger partial charge in [-0.3, -0.25) is 9.59 Å². The van der Waals surface area contributed by atoms with E-state index in [0.717, 1.165) is 12.1 Å². The average Bonchev–Trinajstić information content (AvgIpc) is 3.16. The van der Waals surface area contributed by atoms with Crippen LogP contribution in [0.25, 0.3) is 5.69 Å². The second-order valence-electron chi connectivity index (χ2n) is 6.56. The minimum Gasteiger partial charge on any atom is -0.494 e. The number of nitrogens with one attached hydrogen (secondary N) is 2. The van der Waals surface area contributed by atoms with Crippen molar-refractivity contribution >= 4 is 17.5 Å². The van der Waals surface area contributed by atoms with Gasteiger partial charge in [0, 0.05) is 24.7 Å². The molecule has 1 aromatic heterocycles. The number of benzene rings is 2. The number of amides is 2. The van der Waals surface area contributed by atoms with Crippen molar-refractivity contribution in [3.8, 4) is 11.4 Å². The van der Waals surface area contributed by atoms with Crippen LogP contribution in [0.3, 0.4) is 0 Å². The van der Waals surface area contributed by atoms with Gasteiger partial charge in [0.25, 0.3) is 5.91 Å². The number of aryl methyl sites for hydroxylation is 1. The highest BCUT2D eigenvalue weighted by Crippen LogP contribution is 2.26. The molecule has 11 heteroatoms. The first-order valence-electron chi connectivity index (χ1n) is 9.35. The first-order chi connectivity index (χ1) is 14.9. The maximum Gasteiger partial charge on any atom is 0.254 e. The fraction of sp³-hybridized carbons (Fsp3) is 0.250. The molecule has 3 rings (SSSR count). The standard InChI is InChI=1S/C20H20F2N6O3/c1-12-25-26-27-28(12)17-11-14(6-8-18(17)31-2)24-19(29)4-3-9-23-20(30)15-7-5-13(21)10-16(15)22/h5-8,10-11H,3-4,9H2,1-2H3,(H,23,30)(H,24,29). The summed E-state index contributed by atoms with van der Waals surface area (Å²) in [5.74, 6) is -1.56. The number of rotatable bonds is 8. The van der Waals surface area contributed by atoms with Gasteiger partial charge in [-0.25, -0.2) is 8.78 Å². The minimum absolute atomic E-state index is 0.122. The fourth-order valence-electron chi connectivity index (χ4n) is 2.83. The van der Waals surface area contributed by atoms with E-state index in [0.29, 0.717) is 35.4 Å². The van der Waals surface area contributed by atoms with Gasteiger partial charge >= 0.3 is 0 Å². The van der Waals surface area contributed by atoms with Crippen LogP contribution < -0.4 is 15.4 Å². The van der Waals surface area contributed by atoms with E-state index in [2.05, 4.69) is 26.2 Å². The van der Waals surface area contributed by atoms with Gasteiger partial charge in [0.05, 0.1) is 12.7 Å². The molecule has 0 aliphatic carbocycles. The first kappa shape index (κ1) is 21.8. The van der Waals surface area contributed by atoms with E-state index < -0.39 is 17.5 Å². The molecule has 0 atom stereocenters. The van der Waals surface area contributed by atoms with Crippen LogP contribution in [0.15, 0.2) is 36.4 Å². The molecular formula is C20H20F2N6O3. The summed E-state index contributed by atoms with van der Waals surface area (Å²) in [6.07, 6.45) is 0.451. The number of halogens is 2. The Morgan fingerprint density at radius 2 is 1.97 bits per heavy atom. The summed E-state index contributed by atoms with van der Waals surface area (Å²) >= 11 is 0. The van der Waals surface area contributed by atoms with E-state index in [4.69, 9.17) is 4.74 Å². The van der Waals surface area contributed by atoms with Crippen molar-refractivity contribution in [3.05, 3.63) is 59.4 Å². The molecule has 2 N–H and O–H groups in total. The predicted molar refractivity (Wildman–Crippen MR) is 107 cm³/mol. The lowest BCUT2D eigenvalue weighted by molar-refractivity contribution is -0.116. The second-order valence-corrected chi connectivity index (χ2v) is 6.56. The molecule has 0 saturated carbocycles. The Kier molecular flexibility index (Phi) is 6.85. The molecule has 0 saturated heterocycles. The first-order valence-corrected chi connectivity index (χ1v) is 9.35. The van der Waals surface area contributed by atoms with Crippen molar-refractivity contribution in [1.82, 2.24) is 25.5 Å². The number of methoxy groups -OCH3 is 1. The molecule has 162 valence electrons. The molecular weight excluding hydrogens is 410 g/mol. The molecule has 0 radical (unpaired) electrons. The zero-order valence-electron chi connectivity index (χ0n) is 16.9. The van der Waals surface area contributed by atoms with Crippen LogP contribution in [0.4, 0.5) is 14.5 Å². The minimum atomic E-state index is -0.941. The largest absolute Gasteiger partial charge is 0.494 e. The quantitative estimate of drug-likeness (QED) is 0.531. The third kappa shape index (κ3) is 5.38. The SMILES string of the molecule is COc1ccc(NC(=O)CCCNC(=O)c2ccc(F)cc2F)cc1-n1nnnc1C. The highest BCUT2D eigenvalue weighted by molar-refractivity contribution is 5.94. The summed E-state index contributed by atoms with van der Waals surface area (Å²) in [6.45, 7) is 1.89. The van der Waals surface area contributed by atoms with E-state index in [1.54, 1.807) is 25.1 Å². The van der Waals surface area contributed by atoms with Crippen molar-refractivity contribution < 1.29 is 23.1 Å². The number of hydrogen-bond acceptors (Lipinski definition) is 6. The van der Waals surface area contributed by atoms with Gasteiger partial charge in [0.2, 0.25) is 5.91 Å². The molecule has 0 aliphatic rings. The van der Waals surface area contributed by atoms with E-state index in [1.807, 2.05) is 0 Å². The van der Waals surface area contributed by atoms with Crippen LogP contribution in [-0.4, -0.2) is 45.7 Å². The van der Waals surface area contributed by atoms with E-state index in [1.165, 1.54) is 11.8 Å². The maximum atomic E-state index is 13.6. The number of nitrogens with zero attached hydrogens (tertiary/aromatic N) is 4. The highest BCUT2D eigenvalue weighted by Gasteiger charge is 2.14. The Balaban J connectivity index is 1.53. The molecule has 2 aromatic carbocycles. The number of hydrogen-bond donors (Lipinski definition) is 2. The number of carbonyl (C=O) groups is 2. The van der Waals surface area contributed by atoms with Gasteiger partial charge < -0.3 is 15.4 Å². The molecule has 3 aromatic rings. The van der Waals surface area contributed by atoms with Crippen LogP contribution in [0.1, 0.15) is 29.0 Å². The summed E-state index contributed by atoms with van der Waals surface area (Å²) in [5, 5.41) is 16.6. The fourth-order valence-corrected chi connectivity index (χ4v) is 2.83. The lowest BCUT2D eigenvalue weighted by Crippen LogP contribution is -2.26. The van der Waals surface area contributed by atoms with Gasteiger partial charge in [0.1, 0.15) is 23.1 Å². The molecule has 0 unspecified atom stereocenters. The van der Waals surface area contributed by atoms with Crippen molar-refractivity contribution in [3.63, 3.8) is 0 Å². The lowest BCUT2D eigenvalue weighted by atomic mass is 10.2. The van der Waals surface area contributed by atoms with Crippen LogP contribution in [0, 0.1) is 18.6 Å². The summed E-state index contributed by atoms with van der Waals surface area (Å²) in [7, 11) is 1.52. The lowest BCUT2D eigenvalue weighted by Gasteiger charge is -2.12. The van der Waals surface area contributed by atoms with Crippen LogP contribution >= 0.6 is 0 Å². The Morgan fingerprint density at radius 1 is 1.16 bits per heavy atom. The Bertz CT molecular complexity index is 1100. The Morgan fingerprint density at radius 3 is 2.65 bits per heavy atom. The number of carbonyl (C=O) groups excluding carboxylic acids is 2. The van der Waals surface area contributed by atoms with Crippen molar-refractivity contribution in [2.24, 2.45) is 0 Å². The van der Waals surface area contributed by atoms with Crippen LogP contribution in [0.2, 0.25) is 0 Å². The molecule has 0 fully saturated rings. The maximum absolute atomic E-state index is 13.6. The topological polar surface area (TPSA) is 111 Å². The second kappa shape index (κ2) is 9.74. The highest BCUT2D eigenvalue weighted by atomic mass is 19.1. The summed E-state index contributed by atoms with van der Waals surface area (Å²) < 4.78 is 33.3. The Labute approximate surface area is 176 Å². The summed E-state index contributed by atoms with van der Waals surface area (Å²) in [5.41, 5.74) is 0.832. The van der Waals surface area contributed by atoms with E-state index >= 15 is 0 Å². The molecule has 31 heavy (non-hydrogen) atoms. The smallest absolute Gasteiger partial charge is 0.254 e. The molecule has 0 bridgehead atoms. The van der Waals surface area contributed by atoms with Gasteiger partial charge in [-0.15, -0.1) is 5.10 Å². The predicted octanol–water partition coefficient (Wildman–Crippen LogP) is 2.41. The van der Waals surface area contributed by atoms with Gasteiger partial charge in [-0.1, -0.05) is 0 Å². The molecule has 0 spiro atoms. The monoisotopic (exact) mass is 430 g/mol. The van der Waals surface area contributed by atoms with Crippen molar-refractivity contribution in [2.75, 3.05) is 19.0 Å². The van der Waals surface area contributed by atoms with Crippen molar-refractivity contribution in [2.45, 2.75) is 19.8 Å². The summed E-state index contributed by atoms with van der Waals surface area (Å²) in [4.78, 5) is 24.2. The molecule has 1 heterocycles. The van der Waals surface area contributed by atoms with Crippen LogP contribution in [0.5, 0.6) is 5.75 Å². The number of ether oxygens (including phenoxy) is 1. The molecule has 0 aliphatic heterocycles. The third-order valence-corrected chi connectivity index (χ3v) is 4.36. The van der Waals surface area contributed by atoms with E-state index in [9.17, 15) is 18.4 Å². The van der Waals surface area contributed by atoms with Crippen molar-refractivity contribution in [1.29, 1.82) is 0 Å². The molecule has 9 nitrogen and oxygen atoms in total. The number of aromatic nitrogens is 4. The normalized spacial score (nSPS) is 10.6. The Hall–Kier alpha value is -3.89. The van der Waals surface area contributed by atoms with Gasteiger partial charge in [0.15, 0.2) is 5.82 Å². The van der Waals surface area contributed by atoms with E-state index in [-0.39, 0.29) is 24.4 Å².